The highest BCUT2D eigenvalue weighted by Gasteiger charge is 2.18. The summed E-state index contributed by atoms with van der Waals surface area (Å²) in [7, 11) is -3.39. The van der Waals surface area contributed by atoms with Crippen LogP contribution in [0.4, 0.5) is 0 Å². The van der Waals surface area contributed by atoms with Crippen molar-refractivity contribution in [2.45, 2.75) is 24.7 Å². The predicted octanol–water partition coefficient (Wildman–Crippen LogP) is 1.02. The van der Waals surface area contributed by atoms with Crippen molar-refractivity contribution in [3.8, 4) is 0 Å². The van der Waals surface area contributed by atoms with Crippen LogP contribution in [0.15, 0.2) is 41.7 Å². The molecule has 2 aromatic rings. The van der Waals surface area contributed by atoms with Gasteiger partial charge in [0.1, 0.15) is 0 Å². The molecule has 6 heteroatoms. The summed E-state index contributed by atoms with van der Waals surface area (Å²) in [6.45, 7) is 0.250. The van der Waals surface area contributed by atoms with E-state index in [4.69, 9.17) is 0 Å². The van der Waals surface area contributed by atoms with Crippen molar-refractivity contribution in [1.82, 2.24) is 9.55 Å². The maximum atomic E-state index is 11.6. The lowest BCUT2D eigenvalue weighted by molar-refractivity contribution is 0.269. The predicted molar refractivity (Wildman–Crippen MR) is 71.4 cm³/mol. The van der Waals surface area contributed by atoms with E-state index in [2.05, 4.69) is 4.98 Å². The summed E-state index contributed by atoms with van der Waals surface area (Å²) < 4.78 is 24.8. The van der Waals surface area contributed by atoms with Crippen LogP contribution in [-0.2, 0) is 29.4 Å². The Balaban J connectivity index is 2.26. The van der Waals surface area contributed by atoms with Crippen LogP contribution in [0.5, 0.6) is 0 Å². The summed E-state index contributed by atoms with van der Waals surface area (Å²) >= 11 is 0. The summed E-state index contributed by atoms with van der Waals surface area (Å²) in [5.41, 5.74) is 1.62. The van der Waals surface area contributed by atoms with Crippen LogP contribution in [0.3, 0.4) is 0 Å². The van der Waals surface area contributed by atoms with Gasteiger partial charge in [-0.25, -0.2) is 13.4 Å². The van der Waals surface area contributed by atoms with E-state index in [-0.39, 0.29) is 11.8 Å². The lowest BCUT2D eigenvalue weighted by Gasteiger charge is -2.09. The summed E-state index contributed by atoms with van der Waals surface area (Å²) in [6.07, 6.45) is 3.21. The van der Waals surface area contributed by atoms with E-state index < -0.39 is 9.84 Å². The van der Waals surface area contributed by atoms with Crippen molar-refractivity contribution < 1.29 is 13.5 Å². The van der Waals surface area contributed by atoms with Gasteiger partial charge in [0.2, 0.25) is 15.0 Å². The van der Waals surface area contributed by atoms with Gasteiger partial charge in [0.25, 0.3) is 0 Å². The van der Waals surface area contributed by atoms with Gasteiger partial charge in [0, 0.05) is 12.8 Å². The molecule has 1 aromatic carbocycles. The Morgan fingerprint density at radius 2 is 1.95 bits per heavy atom. The minimum Gasteiger partial charge on any atom is -0.390 e. The topological polar surface area (TPSA) is 72.2 Å². The Labute approximate surface area is 112 Å². The minimum atomic E-state index is -3.39. The molecule has 1 aromatic heterocycles. The Hall–Kier alpha value is -1.66. The van der Waals surface area contributed by atoms with Gasteiger partial charge < -0.3 is 9.67 Å². The van der Waals surface area contributed by atoms with Gasteiger partial charge in [-0.05, 0) is 12.0 Å². The second-order valence-corrected chi connectivity index (χ2v) is 6.26. The molecule has 0 radical (unpaired) electrons. The van der Waals surface area contributed by atoms with Gasteiger partial charge in [0.05, 0.1) is 18.5 Å². The number of rotatable bonds is 5. The highest BCUT2D eigenvalue weighted by atomic mass is 32.2. The van der Waals surface area contributed by atoms with Crippen molar-refractivity contribution in [3.63, 3.8) is 0 Å². The first-order chi connectivity index (χ1) is 9.02. The zero-order chi connectivity index (χ0) is 13.9. The molecule has 102 valence electrons. The molecule has 0 aliphatic carbocycles. The lowest BCUT2D eigenvalue weighted by Crippen LogP contribution is -2.13. The summed E-state index contributed by atoms with van der Waals surface area (Å²) in [5, 5.41) is 9.25. The zero-order valence-electron chi connectivity index (χ0n) is 10.7. The molecule has 0 aliphatic heterocycles. The molecule has 0 unspecified atom stereocenters. The monoisotopic (exact) mass is 280 g/mol. The number of aliphatic hydroxyl groups excluding tert-OH is 1. The zero-order valence-corrected chi connectivity index (χ0v) is 11.5. The third-order valence-electron chi connectivity index (χ3n) is 2.86. The van der Waals surface area contributed by atoms with Crippen molar-refractivity contribution in [2.75, 3.05) is 6.26 Å². The first-order valence-electron chi connectivity index (χ1n) is 5.91. The Kier molecular flexibility index (Phi) is 4.01. The van der Waals surface area contributed by atoms with Gasteiger partial charge in [0.15, 0.2) is 0 Å². The third-order valence-corrected chi connectivity index (χ3v) is 3.85. The van der Waals surface area contributed by atoms with Gasteiger partial charge >= 0.3 is 0 Å². The highest BCUT2D eigenvalue weighted by molar-refractivity contribution is 7.90. The molecule has 0 amide bonds. The van der Waals surface area contributed by atoms with Crippen LogP contribution in [0.2, 0.25) is 0 Å². The van der Waals surface area contributed by atoms with Crippen LogP contribution in [0, 0.1) is 0 Å². The molecule has 2 rings (SSSR count). The van der Waals surface area contributed by atoms with E-state index in [1.807, 2.05) is 30.3 Å². The van der Waals surface area contributed by atoms with Gasteiger partial charge in [-0.3, -0.25) is 0 Å². The summed E-state index contributed by atoms with van der Waals surface area (Å²) in [5.74, 6) is 0. The largest absolute Gasteiger partial charge is 0.390 e. The maximum Gasteiger partial charge on any atom is 0.227 e. The molecule has 19 heavy (non-hydrogen) atoms. The Bertz CT molecular complexity index is 648. The van der Waals surface area contributed by atoms with E-state index in [1.54, 1.807) is 4.57 Å². The Morgan fingerprint density at radius 1 is 1.26 bits per heavy atom. The van der Waals surface area contributed by atoms with Crippen molar-refractivity contribution in [3.05, 3.63) is 47.8 Å². The summed E-state index contributed by atoms with van der Waals surface area (Å²) in [4.78, 5) is 3.89. The molecule has 0 saturated heterocycles. The summed E-state index contributed by atoms with van der Waals surface area (Å²) in [6, 6.07) is 9.77. The number of aryl methyl sites for hydroxylation is 1. The normalized spacial score (nSPS) is 11.7. The molecule has 1 N–H and O–H groups in total. The van der Waals surface area contributed by atoms with E-state index in [0.717, 1.165) is 11.8 Å². The number of hydrogen-bond donors (Lipinski definition) is 1. The van der Waals surface area contributed by atoms with Crippen molar-refractivity contribution >= 4 is 9.84 Å². The fraction of sp³-hybridized carbons (Fsp3) is 0.308. The average molecular weight is 280 g/mol. The fourth-order valence-electron chi connectivity index (χ4n) is 1.94. The molecular formula is C13H16N2O3S. The van der Waals surface area contributed by atoms with Crippen LogP contribution >= 0.6 is 0 Å². The highest BCUT2D eigenvalue weighted by Crippen LogP contribution is 2.13. The minimum absolute atomic E-state index is 0.00693. The molecule has 0 saturated carbocycles. The van der Waals surface area contributed by atoms with Crippen LogP contribution in [0.1, 0.15) is 11.3 Å². The molecule has 5 nitrogen and oxygen atoms in total. The van der Waals surface area contributed by atoms with Gasteiger partial charge in [-0.1, -0.05) is 30.3 Å². The molecule has 0 aliphatic rings. The smallest absolute Gasteiger partial charge is 0.227 e. The molecule has 0 fully saturated rings. The van der Waals surface area contributed by atoms with Crippen LogP contribution < -0.4 is 0 Å². The van der Waals surface area contributed by atoms with E-state index in [1.165, 1.54) is 6.20 Å². The molecule has 0 bridgehead atoms. The number of aliphatic hydroxyl groups is 1. The number of imidazole rings is 1. The average Bonchev–Trinajstić information content (AvgIpc) is 2.80. The molecular weight excluding hydrogens is 264 g/mol. The first-order valence-corrected chi connectivity index (χ1v) is 7.81. The van der Waals surface area contributed by atoms with Crippen LogP contribution in [-0.4, -0.2) is 29.3 Å². The van der Waals surface area contributed by atoms with Crippen molar-refractivity contribution in [2.24, 2.45) is 0 Å². The second kappa shape index (κ2) is 5.54. The Morgan fingerprint density at radius 3 is 2.53 bits per heavy atom. The lowest BCUT2D eigenvalue weighted by atomic mass is 10.1. The number of aromatic nitrogens is 2. The van der Waals surface area contributed by atoms with Crippen LogP contribution in [0.25, 0.3) is 0 Å². The molecule has 0 spiro atoms. The first kappa shape index (κ1) is 13.8. The standard InChI is InChI=1S/C13H16N2O3S/c1-19(17,18)13-14-9-12(10-16)15(13)8-7-11-5-3-2-4-6-11/h2-6,9,16H,7-8,10H2,1H3. The van der Waals surface area contributed by atoms with Gasteiger partial charge in [-0.15, -0.1) is 0 Å². The number of sulfone groups is 1. The van der Waals surface area contributed by atoms with E-state index >= 15 is 0 Å². The second-order valence-electron chi connectivity index (χ2n) is 4.35. The third kappa shape index (κ3) is 3.21. The quantitative estimate of drug-likeness (QED) is 0.887. The van der Waals surface area contributed by atoms with E-state index in [0.29, 0.717) is 18.7 Å². The SMILES string of the molecule is CS(=O)(=O)c1ncc(CO)n1CCc1ccccc1. The van der Waals surface area contributed by atoms with E-state index in [9.17, 15) is 13.5 Å². The maximum absolute atomic E-state index is 11.6. The number of nitrogens with zero attached hydrogens (tertiary/aromatic N) is 2. The fourth-order valence-corrected chi connectivity index (χ4v) is 2.79. The molecule has 1 heterocycles. The van der Waals surface area contributed by atoms with Crippen molar-refractivity contribution in [1.29, 1.82) is 0 Å². The number of benzene rings is 1. The van der Waals surface area contributed by atoms with Gasteiger partial charge in [-0.2, -0.15) is 0 Å². The molecule has 0 atom stereocenters. The number of hydrogen-bond acceptors (Lipinski definition) is 4.